The van der Waals surface area contributed by atoms with E-state index in [9.17, 15) is 16.8 Å². The van der Waals surface area contributed by atoms with Gasteiger partial charge < -0.3 is 10.1 Å². The number of sulfone groups is 1. The van der Waals surface area contributed by atoms with Crippen LogP contribution in [0.1, 0.15) is 19.3 Å². The number of ether oxygens (including phenoxy) is 1. The molecule has 4 atom stereocenters. The van der Waals surface area contributed by atoms with E-state index in [0.717, 1.165) is 17.6 Å². The van der Waals surface area contributed by atoms with Crippen molar-refractivity contribution in [3.8, 4) is 0 Å². The molecule has 1 aliphatic rings. The number of anilines is 1. The van der Waals surface area contributed by atoms with Crippen LogP contribution in [0.4, 0.5) is 5.69 Å². The molecule has 0 radical (unpaired) electrons. The molecule has 1 heterocycles. The van der Waals surface area contributed by atoms with Crippen LogP contribution in [0, 0.1) is 0 Å². The van der Waals surface area contributed by atoms with Crippen molar-refractivity contribution in [2.45, 2.75) is 41.9 Å². The van der Waals surface area contributed by atoms with Crippen LogP contribution < -0.4 is 5.32 Å². The van der Waals surface area contributed by atoms with E-state index in [1.165, 1.54) is 0 Å². The Morgan fingerprint density at radius 1 is 1.13 bits per heavy atom. The molecule has 15 heteroatoms. The molecule has 1 aliphatic carbocycles. The first-order chi connectivity index (χ1) is 14.1. The molecular formula is C15H20N2O9S4. The van der Waals surface area contributed by atoms with Crippen molar-refractivity contribution in [1.29, 1.82) is 0 Å². The highest BCUT2D eigenvalue weighted by atomic mass is 32.2. The second-order valence-electron chi connectivity index (χ2n) is 6.62. The number of nitrogens with one attached hydrogen (secondary N) is 1. The summed E-state index contributed by atoms with van der Waals surface area (Å²) in [6, 6.07) is 5.19. The summed E-state index contributed by atoms with van der Waals surface area (Å²) in [5, 5.41) is 3.05. The Balaban J connectivity index is 1.59. The minimum Gasteiger partial charge on any atom is -0.363 e. The predicted octanol–water partition coefficient (Wildman–Crippen LogP) is 1.68. The quantitative estimate of drug-likeness (QED) is 0.339. The molecule has 0 amide bonds. The van der Waals surface area contributed by atoms with E-state index >= 15 is 0 Å². The minimum absolute atomic E-state index is 0.0488. The molecule has 1 aromatic heterocycles. The van der Waals surface area contributed by atoms with Gasteiger partial charge in [-0.05, 0) is 18.2 Å². The van der Waals surface area contributed by atoms with Crippen molar-refractivity contribution in [1.82, 2.24) is 4.98 Å². The van der Waals surface area contributed by atoms with Crippen molar-refractivity contribution in [3.05, 3.63) is 18.2 Å². The van der Waals surface area contributed by atoms with Gasteiger partial charge in [0, 0.05) is 31.2 Å². The second kappa shape index (κ2) is 10.1. The Kier molecular flexibility index (Phi) is 7.92. The first-order valence-electron chi connectivity index (χ1n) is 8.62. The Morgan fingerprint density at radius 3 is 2.30 bits per heavy atom. The van der Waals surface area contributed by atoms with Gasteiger partial charge in [0.25, 0.3) is 0 Å². The van der Waals surface area contributed by atoms with Crippen LogP contribution in [-0.4, -0.2) is 62.2 Å². The van der Waals surface area contributed by atoms with Gasteiger partial charge in [-0.2, -0.15) is 8.42 Å². The fourth-order valence-corrected chi connectivity index (χ4v) is 5.76. The van der Waals surface area contributed by atoms with Crippen molar-refractivity contribution in [2.75, 3.05) is 18.3 Å². The van der Waals surface area contributed by atoms with E-state index < -0.39 is 50.9 Å². The molecule has 1 saturated carbocycles. The van der Waals surface area contributed by atoms with Gasteiger partial charge in [-0.3, -0.25) is 17.5 Å². The summed E-state index contributed by atoms with van der Waals surface area (Å²) >= 11 is -3.87. The number of fused-ring (bicyclic) bond motifs is 1. The Bertz CT molecular complexity index is 1020. The number of nitrogens with zero attached hydrogens (tertiary/aromatic N) is 1. The number of rotatable bonds is 9. The first kappa shape index (κ1) is 23.6. The zero-order valence-electron chi connectivity index (χ0n) is 15.6. The highest BCUT2D eigenvalue weighted by molar-refractivity contribution is 7.92. The van der Waals surface area contributed by atoms with Crippen LogP contribution >= 0.6 is 11.3 Å². The molecule has 4 unspecified atom stereocenters. The lowest BCUT2D eigenvalue weighted by atomic mass is 9.92. The maximum absolute atomic E-state index is 11.6. The number of thiazole rings is 1. The van der Waals surface area contributed by atoms with Gasteiger partial charge in [0.05, 0.1) is 28.5 Å². The molecule has 2 aromatic rings. The van der Waals surface area contributed by atoms with E-state index in [-0.39, 0.29) is 17.5 Å². The van der Waals surface area contributed by atoms with Gasteiger partial charge in [-0.1, -0.05) is 0 Å². The summed E-state index contributed by atoms with van der Waals surface area (Å²) in [5.74, 6) is 0. The molecule has 30 heavy (non-hydrogen) atoms. The van der Waals surface area contributed by atoms with Gasteiger partial charge >= 0.3 is 22.7 Å². The van der Waals surface area contributed by atoms with E-state index in [1.54, 1.807) is 18.2 Å². The van der Waals surface area contributed by atoms with Crippen LogP contribution in [0.3, 0.4) is 0 Å². The van der Waals surface area contributed by atoms with E-state index in [4.69, 9.17) is 22.2 Å². The summed E-state index contributed by atoms with van der Waals surface area (Å²) in [7, 11) is -3.38. The van der Waals surface area contributed by atoms with Crippen molar-refractivity contribution < 1.29 is 39.0 Å². The monoisotopic (exact) mass is 500 g/mol. The maximum Gasteiger partial charge on any atom is 0.302 e. The van der Waals surface area contributed by atoms with Gasteiger partial charge in [0.2, 0.25) is 14.2 Å². The molecule has 1 aromatic carbocycles. The average molecular weight is 501 g/mol. The fourth-order valence-electron chi connectivity index (χ4n) is 3.11. The molecule has 11 nitrogen and oxygen atoms in total. The van der Waals surface area contributed by atoms with Crippen LogP contribution in [0.5, 0.6) is 0 Å². The molecule has 3 N–H and O–H groups in total. The molecular weight excluding hydrogens is 480 g/mol. The van der Waals surface area contributed by atoms with Crippen molar-refractivity contribution >= 4 is 59.8 Å². The Hall–Kier alpha value is -1.04. The van der Waals surface area contributed by atoms with Crippen LogP contribution in [0.25, 0.3) is 10.2 Å². The fraction of sp³-hybridized carbons (Fsp3) is 0.533. The van der Waals surface area contributed by atoms with Crippen molar-refractivity contribution in [2.24, 2.45) is 0 Å². The SMILES string of the molecule is CS(=O)(=O)c1nc2ccc(NCOC3CC(OS(=O)O)CC(OS(=O)O)C3)cc2s1. The molecule has 0 bridgehead atoms. The smallest absolute Gasteiger partial charge is 0.302 e. The van der Waals surface area contributed by atoms with E-state index in [0.29, 0.717) is 28.7 Å². The summed E-state index contributed by atoms with van der Waals surface area (Å²) in [4.78, 5) is 4.10. The number of hydrogen-bond acceptors (Lipinski definition) is 10. The summed E-state index contributed by atoms with van der Waals surface area (Å²) in [5.41, 5.74) is 1.27. The third-order valence-corrected chi connectivity index (χ3v) is 7.87. The van der Waals surface area contributed by atoms with Gasteiger partial charge in [0.15, 0.2) is 0 Å². The third-order valence-electron chi connectivity index (χ3n) is 4.30. The molecule has 0 aliphatic heterocycles. The van der Waals surface area contributed by atoms with Gasteiger partial charge in [-0.15, -0.1) is 11.3 Å². The zero-order valence-corrected chi connectivity index (χ0v) is 18.9. The zero-order chi connectivity index (χ0) is 21.9. The maximum atomic E-state index is 11.6. The molecule has 3 rings (SSSR count). The third kappa shape index (κ3) is 6.73. The molecule has 1 fully saturated rings. The van der Waals surface area contributed by atoms with E-state index in [1.807, 2.05) is 0 Å². The Morgan fingerprint density at radius 2 is 1.73 bits per heavy atom. The molecule has 0 spiro atoms. The Labute approximate surface area is 182 Å². The van der Waals surface area contributed by atoms with Crippen LogP contribution in [0.15, 0.2) is 22.5 Å². The number of hydrogen-bond donors (Lipinski definition) is 3. The molecule has 168 valence electrons. The highest BCUT2D eigenvalue weighted by Crippen LogP contribution is 2.29. The lowest BCUT2D eigenvalue weighted by molar-refractivity contribution is -0.0373. The predicted molar refractivity (Wildman–Crippen MR) is 111 cm³/mol. The summed E-state index contributed by atoms with van der Waals surface area (Å²) in [6.45, 7) is 0.0811. The largest absolute Gasteiger partial charge is 0.363 e. The van der Waals surface area contributed by atoms with Crippen LogP contribution in [0.2, 0.25) is 0 Å². The van der Waals surface area contributed by atoms with Gasteiger partial charge in [-0.25, -0.2) is 13.4 Å². The average Bonchev–Trinajstić information content (AvgIpc) is 3.04. The normalized spacial score (nSPS) is 24.6. The minimum atomic E-state index is -3.38. The summed E-state index contributed by atoms with van der Waals surface area (Å²) in [6.07, 6.45) is 0.176. The highest BCUT2D eigenvalue weighted by Gasteiger charge is 2.33. The van der Waals surface area contributed by atoms with Gasteiger partial charge in [0.1, 0.15) is 6.73 Å². The lowest BCUT2D eigenvalue weighted by Crippen LogP contribution is -2.38. The van der Waals surface area contributed by atoms with Crippen LogP contribution in [-0.2, 0) is 45.7 Å². The number of aromatic nitrogens is 1. The molecule has 0 saturated heterocycles. The summed E-state index contributed by atoms with van der Waals surface area (Å²) < 4.78 is 79.2. The van der Waals surface area contributed by atoms with E-state index in [2.05, 4.69) is 10.3 Å². The second-order valence-corrected chi connectivity index (χ2v) is 11.1. The first-order valence-corrected chi connectivity index (χ1v) is 13.4. The van der Waals surface area contributed by atoms with Crippen molar-refractivity contribution in [3.63, 3.8) is 0 Å². The topological polar surface area (TPSA) is 161 Å². The lowest BCUT2D eigenvalue weighted by Gasteiger charge is -2.32. The standard InChI is InChI=1S/C15H20N2O9S4/c1-30(22,23)15-17-13-3-2-9(4-14(13)27-15)16-8-24-10-5-11(25-28(18)19)7-12(6-10)26-29(20)21/h2-4,10-12,16H,5-8H2,1H3,(H,18,19)(H,20,21). The number of benzene rings is 1.